The minimum Gasteiger partial charge on any atom is -0.292 e. The van der Waals surface area contributed by atoms with Crippen LogP contribution in [0.15, 0.2) is 73.2 Å². The highest BCUT2D eigenvalue weighted by molar-refractivity contribution is 6.04. The highest BCUT2D eigenvalue weighted by atomic mass is 16.5. The van der Waals surface area contributed by atoms with Gasteiger partial charge in [0.2, 0.25) is 5.95 Å². The average molecular weight is 514 g/mol. The number of aromatic amines is 1. The van der Waals surface area contributed by atoms with Gasteiger partial charge < -0.3 is 0 Å². The zero-order valence-electron chi connectivity index (χ0n) is 21.9. The number of carbonyl (C=O) groups is 1. The van der Waals surface area contributed by atoms with Gasteiger partial charge in [0.05, 0.1) is 11.9 Å². The Balaban J connectivity index is 1.22. The predicted octanol–water partition coefficient (Wildman–Crippen LogP) is 6.01. The number of hydrogen-bond donors (Lipinski definition) is 3. The third-order valence-electron chi connectivity index (χ3n) is 7.38. The van der Waals surface area contributed by atoms with Gasteiger partial charge in [-0.2, -0.15) is 9.75 Å². The van der Waals surface area contributed by atoms with E-state index in [1.165, 1.54) is 6.42 Å². The first-order valence-electron chi connectivity index (χ1n) is 13.7. The van der Waals surface area contributed by atoms with Crippen LogP contribution in [0.3, 0.4) is 0 Å². The number of quaternary nitrogens is 1. The van der Waals surface area contributed by atoms with Gasteiger partial charge in [0.1, 0.15) is 19.6 Å². The van der Waals surface area contributed by atoms with Crippen LogP contribution in [0.25, 0.3) is 16.8 Å². The number of piperidine rings is 1. The van der Waals surface area contributed by atoms with E-state index in [0.717, 1.165) is 87.1 Å². The van der Waals surface area contributed by atoms with Crippen molar-refractivity contribution in [1.82, 2.24) is 19.7 Å². The Morgan fingerprint density at radius 3 is 2.58 bits per heavy atom. The van der Waals surface area contributed by atoms with Gasteiger partial charge in [0.15, 0.2) is 0 Å². The Bertz CT molecular complexity index is 1310. The zero-order valence-corrected chi connectivity index (χ0v) is 21.9. The number of imidazole rings is 1. The second-order valence-corrected chi connectivity index (χ2v) is 10.3. The molecule has 198 valence electrons. The van der Waals surface area contributed by atoms with E-state index < -0.39 is 0 Å². The van der Waals surface area contributed by atoms with Crippen molar-refractivity contribution < 1.29 is 14.6 Å². The number of para-hydroxylation sites is 1. The number of unbranched alkanes of at least 4 members (excludes halogenated alkanes) is 3. The van der Waals surface area contributed by atoms with Crippen LogP contribution < -0.4 is 5.32 Å². The predicted molar refractivity (Wildman–Crippen MR) is 148 cm³/mol. The van der Waals surface area contributed by atoms with Crippen LogP contribution in [0.5, 0.6) is 0 Å². The second kappa shape index (κ2) is 12.2. The van der Waals surface area contributed by atoms with Crippen molar-refractivity contribution in [2.45, 2.75) is 51.4 Å². The SMILES string of the molecule is O=C(Nc1nc(CCCCCC[N+]2(O)CCCCC2)cn1-c1ccccc1)c1cccc(-c2cn[nH]c2)c1. The quantitative estimate of drug-likeness (QED) is 0.169. The summed E-state index contributed by atoms with van der Waals surface area (Å²) >= 11 is 0. The van der Waals surface area contributed by atoms with Gasteiger partial charge >= 0.3 is 0 Å². The summed E-state index contributed by atoms with van der Waals surface area (Å²) in [4.78, 5) is 18.0. The van der Waals surface area contributed by atoms with Gasteiger partial charge in [-0.1, -0.05) is 36.8 Å². The molecule has 0 bridgehead atoms. The van der Waals surface area contributed by atoms with Crippen LogP contribution in [0.1, 0.15) is 61.0 Å². The second-order valence-electron chi connectivity index (χ2n) is 10.3. The molecule has 0 radical (unpaired) electrons. The minimum absolute atomic E-state index is 0.205. The van der Waals surface area contributed by atoms with Gasteiger partial charge in [-0.05, 0) is 74.8 Å². The van der Waals surface area contributed by atoms with Crippen molar-refractivity contribution in [2.24, 2.45) is 0 Å². The van der Waals surface area contributed by atoms with Crippen molar-refractivity contribution in [3.63, 3.8) is 0 Å². The fraction of sp³-hybridized carbons (Fsp3) is 0.367. The number of likely N-dealkylation sites (tertiary alicyclic amines) is 1. The largest absolute Gasteiger partial charge is 0.292 e. The summed E-state index contributed by atoms with van der Waals surface area (Å²) in [5.74, 6) is 0.310. The number of amides is 1. The molecule has 4 aromatic rings. The number of benzene rings is 2. The Kier molecular flexibility index (Phi) is 8.31. The number of aryl methyl sites for hydroxylation is 1. The monoisotopic (exact) mass is 513 g/mol. The summed E-state index contributed by atoms with van der Waals surface area (Å²) in [7, 11) is 0. The molecular formula is C30H37N6O2+. The maximum Gasteiger partial charge on any atom is 0.258 e. The summed E-state index contributed by atoms with van der Waals surface area (Å²) in [6, 6.07) is 17.4. The average Bonchev–Trinajstić information content (AvgIpc) is 3.62. The number of nitrogens with zero attached hydrogens (tertiary/aromatic N) is 4. The number of rotatable bonds is 11. The number of H-pyrrole nitrogens is 1. The molecule has 3 heterocycles. The lowest BCUT2D eigenvalue weighted by molar-refractivity contribution is -1.10. The molecule has 0 aliphatic carbocycles. The summed E-state index contributed by atoms with van der Waals surface area (Å²) in [6.45, 7) is 2.67. The number of carbonyl (C=O) groups excluding carboxylic acids is 1. The molecule has 1 aliphatic rings. The Hall–Kier alpha value is -3.75. The van der Waals surface area contributed by atoms with E-state index >= 15 is 0 Å². The van der Waals surface area contributed by atoms with Crippen molar-refractivity contribution in [3.8, 4) is 16.8 Å². The molecule has 3 N–H and O–H groups in total. The van der Waals surface area contributed by atoms with Crippen molar-refractivity contribution in [1.29, 1.82) is 0 Å². The van der Waals surface area contributed by atoms with Crippen LogP contribution in [0.2, 0.25) is 0 Å². The molecule has 38 heavy (non-hydrogen) atoms. The van der Waals surface area contributed by atoms with Crippen molar-refractivity contribution in [2.75, 3.05) is 25.0 Å². The fourth-order valence-corrected chi connectivity index (χ4v) is 5.24. The lowest BCUT2D eigenvalue weighted by Crippen LogP contribution is -2.49. The lowest BCUT2D eigenvalue weighted by Gasteiger charge is -2.33. The highest BCUT2D eigenvalue weighted by Crippen LogP contribution is 2.22. The standard InChI is InChI=1S/C30H36N6O2/c37-29(25-13-11-12-24(20-25)26-21-31-32-22-26)34-30-33-27(23-35(30)28-15-6-3-7-16-28)14-5-1-2-8-17-36(38)18-9-4-10-19-36/h3,6-7,11-13,15-16,20-23,38H,1-2,4-5,8-10,14,17-19H2,(H-,31,32,33,34,37)/p+1. The van der Waals surface area contributed by atoms with Gasteiger partial charge in [-0.3, -0.25) is 19.8 Å². The molecule has 2 aromatic heterocycles. The Morgan fingerprint density at radius 2 is 1.79 bits per heavy atom. The Morgan fingerprint density at radius 1 is 0.974 bits per heavy atom. The summed E-state index contributed by atoms with van der Waals surface area (Å²) in [6.07, 6.45) is 14.2. The molecule has 1 saturated heterocycles. The number of aromatic nitrogens is 4. The van der Waals surface area contributed by atoms with Crippen LogP contribution in [-0.2, 0) is 6.42 Å². The maximum atomic E-state index is 13.2. The molecule has 1 aliphatic heterocycles. The first-order valence-corrected chi connectivity index (χ1v) is 13.7. The van der Waals surface area contributed by atoms with E-state index in [0.29, 0.717) is 11.5 Å². The lowest BCUT2D eigenvalue weighted by atomic mass is 10.1. The third kappa shape index (κ3) is 6.57. The molecule has 8 nitrogen and oxygen atoms in total. The molecular weight excluding hydrogens is 476 g/mol. The Labute approximate surface area is 223 Å². The first kappa shape index (κ1) is 25.9. The first-order chi connectivity index (χ1) is 18.6. The molecule has 5 rings (SSSR count). The molecule has 0 unspecified atom stereocenters. The maximum absolute atomic E-state index is 13.2. The fourth-order valence-electron chi connectivity index (χ4n) is 5.24. The number of nitrogens with one attached hydrogen (secondary N) is 2. The number of hydrogen-bond acceptors (Lipinski definition) is 4. The summed E-state index contributed by atoms with van der Waals surface area (Å²) in [5, 5.41) is 20.5. The van der Waals surface area contributed by atoms with Crippen LogP contribution >= 0.6 is 0 Å². The van der Waals surface area contributed by atoms with Crippen LogP contribution in [0.4, 0.5) is 5.95 Å². The van der Waals surface area contributed by atoms with Gasteiger partial charge in [0, 0.05) is 29.2 Å². The van der Waals surface area contributed by atoms with E-state index in [9.17, 15) is 10.0 Å². The highest BCUT2D eigenvalue weighted by Gasteiger charge is 2.27. The van der Waals surface area contributed by atoms with E-state index in [4.69, 9.17) is 4.98 Å². The molecule has 0 saturated carbocycles. The molecule has 8 heteroatoms. The third-order valence-corrected chi connectivity index (χ3v) is 7.38. The normalized spacial score (nSPS) is 14.9. The van der Waals surface area contributed by atoms with Crippen LogP contribution in [-0.4, -0.2) is 55.1 Å². The molecule has 1 fully saturated rings. The van der Waals surface area contributed by atoms with E-state index in [-0.39, 0.29) is 10.6 Å². The van der Waals surface area contributed by atoms with E-state index in [1.807, 2.05) is 65.5 Å². The summed E-state index contributed by atoms with van der Waals surface area (Å²) < 4.78 is 2.21. The zero-order chi connectivity index (χ0) is 26.2. The van der Waals surface area contributed by atoms with Gasteiger partial charge in [0.25, 0.3) is 5.91 Å². The van der Waals surface area contributed by atoms with E-state index in [2.05, 4.69) is 15.5 Å². The number of anilines is 1. The molecule has 0 atom stereocenters. The minimum atomic E-state index is -0.205. The molecule has 0 spiro atoms. The molecule has 2 aromatic carbocycles. The van der Waals surface area contributed by atoms with Crippen LogP contribution in [0, 0.1) is 0 Å². The summed E-state index contributed by atoms with van der Waals surface area (Å²) in [5.41, 5.74) is 4.32. The van der Waals surface area contributed by atoms with Gasteiger partial charge in [-0.25, -0.2) is 10.2 Å². The van der Waals surface area contributed by atoms with Gasteiger partial charge in [-0.15, -0.1) is 0 Å². The van der Waals surface area contributed by atoms with Crippen molar-refractivity contribution >= 4 is 11.9 Å². The topological polar surface area (TPSA) is 95.8 Å². The van der Waals surface area contributed by atoms with Crippen molar-refractivity contribution in [3.05, 3.63) is 84.4 Å². The van der Waals surface area contributed by atoms with E-state index in [1.54, 1.807) is 12.3 Å². The molecule has 1 amide bonds. The smallest absolute Gasteiger partial charge is 0.258 e. The number of hydroxylamine groups is 3.